The molecule has 0 aromatic heterocycles. The van der Waals surface area contributed by atoms with Gasteiger partial charge in [-0.1, -0.05) is 462 Å². The van der Waals surface area contributed by atoms with Gasteiger partial charge in [0.1, 0.15) is 66.1 Å². The molecule has 13 nitrogen and oxygen atoms in total. The van der Waals surface area contributed by atoms with Gasteiger partial charge in [-0.2, -0.15) is 8.42 Å². The van der Waals surface area contributed by atoms with E-state index in [1.54, 1.807) is 18.2 Å². The van der Waals surface area contributed by atoms with E-state index in [2.05, 4.69) is 425 Å². The Labute approximate surface area is 912 Å². The van der Waals surface area contributed by atoms with Gasteiger partial charge in [-0.15, -0.1) is 79.0 Å². The minimum absolute atomic E-state index is 0.00611. The fraction of sp³-hybridized carbons (Fsp3) is 0.426. The van der Waals surface area contributed by atoms with Crippen LogP contribution in [0.15, 0.2) is 89.9 Å². The van der Waals surface area contributed by atoms with Crippen LogP contribution < -0.4 is 0 Å². The van der Waals surface area contributed by atoms with E-state index in [0.29, 0.717) is 114 Å². The summed E-state index contributed by atoms with van der Waals surface area (Å²) in [5.41, 5.74) is 1.00. The maximum absolute atomic E-state index is 11.6. The predicted octanol–water partition coefficient (Wildman–Crippen LogP) is 18.9. The van der Waals surface area contributed by atoms with Crippen molar-refractivity contribution >= 4 is 57.9 Å². The molecule has 0 spiro atoms. The van der Waals surface area contributed by atoms with E-state index < -0.39 is 10.1 Å². The number of aryl methyl sites for hydroxylation is 1. The number of benzene rings is 1. The van der Waals surface area contributed by atoms with Crippen molar-refractivity contribution < 1.29 is 63.7 Å². The maximum atomic E-state index is 11.6. The summed E-state index contributed by atoms with van der Waals surface area (Å²) < 4.78 is 28.0. The first-order valence-corrected chi connectivity index (χ1v) is 51.4. The fourth-order valence-corrected chi connectivity index (χ4v) is 7.92. The van der Waals surface area contributed by atoms with Gasteiger partial charge in [0.25, 0.3) is 10.1 Å². The molecule has 1 aromatic rings. The minimum atomic E-state index is -3.66. The third-order valence-corrected chi connectivity index (χ3v) is 14.5. The predicted molar refractivity (Wildman–Crippen MR) is 627 cm³/mol. The molecule has 770 valence electrons. The van der Waals surface area contributed by atoms with Crippen LogP contribution in [-0.4, -0.2) is 148 Å². The van der Waals surface area contributed by atoms with Gasteiger partial charge in [0.15, 0.2) is 0 Å². The standard InChI is InChI=1S/C17H26O.C17H16O.C14H13Br.C14H14O.C12H14O3S.C11H11Br.C11H12O.C8H9Br.C8H10O.C5H8O.4C3H4O/c2*1-2-3-4-5-6-7-8-9-10-11-12-13-14-15-16-17-18;2*1-2-3-4-5-6-7-8-9-10-11-12-13-14-15;1-3-4-5-10-15-16(13,14)12-8-6-11(2)7-9-12;2*1-2-3-4-5-6-7-8-9-10-11-12;2*1-2-3-4-5-6-7-8-9;1-2-3-4-5-6;4*1-2-3-4/h3-4,6-7,9-10,12-13,15-16,18H,2,5,8,11,14,17H2,1H3;18H,2,5,8,11,14,17H2,1H3;2,5,8,11,14H2,1H3;15H,2,5,8,11,14H2,1H3;6-9H,3,10H2,1-2H3;2,5,8,11H2,1H3;12H,2,5,8,11H2,1H3;2,5,8H2,1H3;9H,2,5,8H2,1H3;6H,2,5H2,1H3;4*1,4H,3H2/b4-3-,7-6-,10-9-,13-12-,16-15-;;;;;;;;;;;;;. The number of halogens is 3. The lowest BCUT2D eigenvalue weighted by molar-refractivity contribution is 0.342. The number of rotatable bonds is 13. The van der Waals surface area contributed by atoms with E-state index in [-0.39, 0.29) is 77.6 Å². The van der Waals surface area contributed by atoms with Gasteiger partial charge >= 0.3 is 0 Å². The van der Waals surface area contributed by atoms with Gasteiger partial charge in [0.05, 0.1) is 130 Å². The van der Waals surface area contributed by atoms with E-state index in [4.69, 9.17) is 55.2 Å². The van der Waals surface area contributed by atoms with E-state index in [1.807, 2.05) is 99.0 Å². The monoisotopic (exact) mass is 2170 g/mol. The second kappa shape index (κ2) is 180. The molecule has 0 fully saturated rings. The Morgan fingerprint density at radius 2 is 0.390 bits per heavy atom. The van der Waals surface area contributed by atoms with Crippen LogP contribution in [-0.2, 0) is 14.3 Å². The van der Waals surface area contributed by atoms with Crippen molar-refractivity contribution in [3.05, 3.63) is 90.6 Å². The smallest absolute Gasteiger partial charge is 0.297 e. The van der Waals surface area contributed by atoms with Crippen molar-refractivity contribution in [3.63, 3.8) is 0 Å². The summed E-state index contributed by atoms with van der Waals surface area (Å²) in [6.45, 7) is 21.1. The molecule has 0 atom stereocenters. The highest BCUT2D eigenvalue weighted by Crippen LogP contribution is 2.13. The third kappa shape index (κ3) is 216. The topological polar surface area (TPSA) is 246 Å². The molecular weight excluding hydrogens is 2030 g/mol. The third-order valence-electron chi connectivity index (χ3n) is 12.4. The summed E-state index contributed by atoms with van der Waals surface area (Å²) in [5.74, 6) is 150. The number of alkyl halides is 3. The lowest BCUT2D eigenvalue weighted by Gasteiger charge is -2.02. The first-order valence-electron chi connectivity index (χ1n) is 46.6. The highest BCUT2D eigenvalue weighted by atomic mass is 79.9. The molecule has 0 saturated carbocycles. The van der Waals surface area contributed by atoms with E-state index in [9.17, 15) is 8.42 Å². The first kappa shape index (κ1) is 160. The van der Waals surface area contributed by atoms with Crippen molar-refractivity contribution in [2.24, 2.45) is 0 Å². The van der Waals surface area contributed by atoms with E-state index >= 15 is 0 Å². The van der Waals surface area contributed by atoms with Crippen molar-refractivity contribution in [1.82, 2.24) is 0 Å². The Morgan fingerprint density at radius 1 is 0.233 bits per heavy atom. The number of allylic oxidation sites excluding steroid dienone is 9. The SMILES string of the molecule is C#CCO.C#CCO.C#CCO.C#CCO.CC/C=C\C/C=C\C/C=C\C/C=C\C/C=C\CO.CCC#CCC#CCBr.CCC#CCC#CCC#CCBr.CCC#CCC#CCC#CCC#CCBr.CCC#CCC#CCC#CCC#CCC#CCO.CCC#CCC#CCC#CCC#CCO.CCC#CCC#CCC#CCO.CCC#CCC#CCO.CCC#CCO.CCC#CCOS(=O)(=O)c1ccc(C)cc1. The second-order valence-electron chi connectivity index (χ2n) is 23.9. The molecule has 10 N–H and O–H groups in total. The van der Waals surface area contributed by atoms with Crippen LogP contribution in [0.3, 0.4) is 0 Å². The molecule has 0 aliphatic carbocycles. The average Bonchev–Trinajstić information content (AvgIpc) is 0.847. The van der Waals surface area contributed by atoms with Crippen molar-refractivity contribution in [2.75, 3.05) is 88.7 Å². The number of hydrogen-bond acceptors (Lipinski definition) is 13. The van der Waals surface area contributed by atoms with Gasteiger partial charge in [-0.25, -0.2) is 0 Å². The number of terminal acetylenes is 4. The molecule has 0 aliphatic rings. The Bertz CT molecular complexity index is 5140. The Morgan fingerprint density at radius 3 is 0.555 bits per heavy atom. The maximum Gasteiger partial charge on any atom is 0.297 e. The Hall–Kier alpha value is -13.9. The quantitative estimate of drug-likeness (QED) is 0.0383. The molecule has 0 heterocycles. The van der Waals surface area contributed by atoms with Crippen molar-refractivity contribution in [3.8, 4) is 345 Å². The molecule has 0 saturated heterocycles. The van der Waals surface area contributed by atoms with Gasteiger partial charge < -0.3 is 51.1 Å². The summed E-state index contributed by atoms with van der Waals surface area (Å²) >= 11 is 9.62. The molecule has 0 unspecified atom stereocenters. The lowest BCUT2D eigenvalue weighted by atomic mass is 10.2. The van der Waals surface area contributed by atoms with E-state index in [0.717, 1.165) is 99.7 Å². The second-order valence-corrected chi connectivity index (χ2v) is 27.2. The average molecular weight is 2180 g/mol. The summed E-state index contributed by atoms with van der Waals surface area (Å²) in [6.07, 6.45) is 61.6. The summed E-state index contributed by atoms with van der Waals surface area (Å²) in [5, 5.41) is 82.5. The van der Waals surface area contributed by atoms with Crippen molar-refractivity contribution in [2.45, 2.75) is 274 Å². The van der Waals surface area contributed by atoms with Crippen LogP contribution in [0.1, 0.15) is 267 Å². The zero-order chi connectivity index (χ0) is 112. The summed E-state index contributed by atoms with van der Waals surface area (Å²) in [7, 11) is -3.66. The fourth-order valence-electron chi connectivity index (χ4n) is 6.51. The highest BCUT2D eigenvalue weighted by Gasteiger charge is 2.13. The minimum Gasteiger partial charge on any atom is -0.392 e. The number of aliphatic hydroxyl groups excluding tert-OH is 10. The molecule has 0 amide bonds. The zero-order valence-corrected chi connectivity index (χ0v) is 93.3. The zero-order valence-electron chi connectivity index (χ0n) is 87.7. The van der Waals surface area contributed by atoms with Gasteiger partial charge in [-0.3, -0.25) is 4.18 Å². The van der Waals surface area contributed by atoms with Crippen LogP contribution in [0.5, 0.6) is 0 Å². The molecular formula is C129H149Br3O13S. The summed E-state index contributed by atoms with van der Waals surface area (Å²) in [6, 6.07) is 6.51. The largest absolute Gasteiger partial charge is 0.392 e. The van der Waals surface area contributed by atoms with Crippen LogP contribution >= 0.6 is 47.8 Å². The molecule has 17 heteroatoms. The molecule has 1 aromatic carbocycles. The van der Waals surface area contributed by atoms with Gasteiger partial charge in [0.2, 0.25) is 0 Å². The van der Waals surface area contributed by atoms with Crippen molar-refractivity contribution in [1.29, 1.82) is 0 Å². The van der Waals surface area contributed by atoms with Crippen LogP contribution in [0.2, 0.25) is 0 Å². The molecule has 0 aliphatic heterocycles. The molecule has 0 radical (unpaired) electrons. The Balaban J connectivity index is -0.000000121. The van der Waals surface area contributed by atoms with Crippen LogP contribution in [0, 0.1) is 352 Å². The van der Waals surface area contributed by atoms with Crippen LogP contribution in [0.25, 0.3) is 0 Å². The number of hydrogen-bond donors (Lipinski definition) is 10. The van der Waals surface area contributed by atoms with Gasteiger partial charge in [-0.05, 0) is 51.2 Å². The molecule has 146 heavy (non-hydrogen) atoms. The lowest BCUT2D eigenvalue weighted by Crippen LogP contribution is -2.06. The first-order chi connectivity index (χ1) is 71.4. The van der Waals surface area contributed by atoms with E-state index in [1.165, 1.54) is 12.1 Å². The van der Waals surface area contributed by atoms with Gasteiger partial charge in [0, 0.05) is 57.8 Å². The highest BCUT2D eigenvalue weighted by molar-refractivity contribution is 9.09. The number of aliphatic hydroxyl groups is 10. The Kier molecular flexibility index (Phi) is 197. The summed E-state index contributed by atoms with van der Waals surface area (Å²) in [4.78, 5) is 0.163. The molecule has 1 rings (SSSR count). The molecule has 0 bridgehead atoms. The van der Waals surface area contributed by atoms with Crippen LogP contribution in [0.4, 0.5) is 0 Å². The normalized spacial score (nSPS) is 7.62.